The van der Waals surface area contributed by atoms with Crippen LogP contribution in [0.5, 0.6) is 0 Å². The Kier molecular flexibility index (Phi) is 5.07. The number of amides is 1. The molecule has 4 heterocycles. The summed E-state index contributed by atoms with van der Waals surface area (Å²) in [4.78, 5) is 21.2. The fourth-order valence-corrected chi connectivity index (χ4v) is 6.99. The summed E-state index contributed by atoms with van der Waals surface area (Å²) in [5.41, 5.74) is 1.00. The molecular weight excluding hydrogens is 386 g/mol. The van der Waals surface area contributed by atoms with Gasteiger partial charge in [-0.05, 0) is 26.7 Å². The van der Waals surface area contributed by atoms with Crippen LogP contribution < -0.4 is 5.32 Å². The molecular formula is C18H27N3O4S2. The fourth-order valence-electron chi connectivity index (χ4n) is 4.71. The number of aryl methyl sites for hydroxylation is 2. The second-order valence-electron chi connectivity index (χ2n) is 8.22. The molecule has 1 amide bonds. The summed E-state index contributed by atoms with van der Waals surface area (Å²) in [6.07, 6.45) is 1.76. The lowest BCUT2D eigenvalue weighted by atomic mass is 9.71. The van der Waals surface area contributed by atoms with Crippen molar-refractivity contribution in [2.45, 2.75) is 39.3 Å². The highest BCUT2D eigenvalue weighted by Crippen LogP contribution is 2.45. The summed E-state index contributed by atoms with van der Waals surface area (Å²) >= 11 is 1.72. The Labute approximate surface area is 164 Å². The summed E-state index contributed by atoms with van der Waals surface area (Å²) in [7, 11) is -2.94. The zero-order valence-electron chi connectivity index (χ0n) is 15.9. The average molecular weight is 414 g/mol. The molecule has 1 N–H and O–H groups in total. The average Bonchev–Trinajstić information content (AvgIpc) is 3.06. The molecule has 1 aromatic heterocycles. The number of rotatable bonds is 4. The van der Waals surface area contributed by atoms with Gasteiger partial charge >= 0.3 is 0 Å². The maximum absolute atomic E-state index is 13.0. The van der Waals surface area contributed by atoms with E-state index in [-0.39, 0.29) is 34.8 Å². The lowest BCUT2D eigenvalue weighted by Crippen LogP contribution is -2.56. The number of carbonyl (C=O) groups excluding carboxylic acids is 1. The van der Waals surface area contributed by atoms with Gasteiger partial charge in [-0.1, -0.05) is 0 Å². The van der Waals surface area contributed by atoms with Crippen molar-refractivity contribution in [2.75, 3.05) is 37.8 Å². The van der Waals surface area contributed by atoms with Crippen LogP contribution in [0.4, 0.5) is 0 Å². The van der Waals surface area contributed by atoms with E-state index in [0.717, 1.165) is 36.6 Å². The minimum Gasteiger partial charge on any atom is -0.381 e. The number of likely N-dealkylation sites (tertiary alicyclic amines) is 1. The number of hydrogen-bond acceptors (Lipinski definition) is 7. The van der Waals surface area contributed by atoms with Crippen molar-refractivity contribution in [1.29, 1.82) is 0 Å². The predicted molar refractivity (Wildman–Crippen MR) is 103 cm³/mol. The molecule has 3 saturated heterocycles. The van der Waals surface area contributed by atoms with Crippen LogP contribution in [0.15, 0.2) is 0 Å². The minimum atomic E-state index is -2.94. The van der Waals surface area contributed by atoms with Crippen LogP contribution in [0.25, 0.3) is 0 Å². The van der Waals surface area contributed by atoms with Crippen LogP contribution >= 0.6 is 11.3 Å². The van der Waals surface area contributed by atoms with E-state index >= 15 is 0 Å². The number of aromatic nitrogens is 1. The standard InChI is InChI=1S/C18H27N3O4S2/c1-12-16(26-13(2)19-12)8-21-7-15(18(11-21)3-5-25-6-4-18)17(22)20-14-9-27(23,24)10-14/h14-15H,3-11H2,1-2H3,(H,20,22). The highest BCUT2D eigenvalue weighted by molar-refractivity contribution is 7.92. The van der Waals surface area contributed by atoms with Gasteiger partial charge in [0.25, 0.3) is 0 Å². The summed E-state index contributed by atoms with van der Waals surface area (Å²) in [5, 5.41) is 4.06. The van der Waals surface area contributed by atoms with Gasteiger partial charge in [0.05, 0.1) is 34.2 Å². The highest BCUT2D eigenvalue weighted by Gasteiger charge is 2.51. The molecule has 7 nitrogen and oxygen atoms in total. The van der Waals surface area contributed by atoms with E-state index in [1.807, 2.05) is 13.8 Å². The first-order valence-corrected chi connectivity index (χ1v) is 12.1. The van der Waals surface area contributed by atoms with E-state index in [2.05, 4.69) is 15.2 Å². The second-order valence-corrected chi connectivity index (χ2v) is 11.7. The Balaban J connectivity index is 1.48. The van der Waals surface area contributed by atoms with Crippen molar-refractivity contribution >= 4 is 27.1 Å². The Hall–Kier alpha value is -1.03. The summed E-state index contributed by atoms with van der Waals surface area (Å²) in [6.45, 7) is 7.85. The van der Waals surface area contributed by atoms with Crippen LogP contribution in [0.1, 0.15) is 28.4 Å². The molecule has 27 heavy (non-hydrogen) atoms. The van der Waals surface area contributed by atoms with Gasteiger partial charge in [-0.3, -0.25) is 9.69 Å². The predicted octanol–water partition coefficient (Wildman–Crippen LogP) is 0.902. The monoisotopic (exact) mass is 413 g/mol. The zero-order valence-corrected chi connectivity index (χ0v) is 17.5. The number of ether oxygens (including phenoxy) is 1. The third kappa shape index (κ3) is 3.92. The minimum absolute atomic E-state index is 0.0107. The number of thiazole rings is 1. The maximum atomic E-state index is 13.0. The van der Waals surface area contributed by atoms with Crippen molar-refractivity contribution in [3.8, 4) is 0 Å². The first-order chi connectivity index (χ1) is 12.8. The van der Waals surface area contributed by atoms with Crippen molar-refractivity contribution < 1.29 is 17.9 Å². The Bertz CT molecular complexity index is 818. The fraction of sp³-hybridized carbons (Fsp3) is 0.778. The Morgan fingerprint density at radius 1 is 1.33 bits per heavy atom. The summed E-state index contributed by atoms with van der Waals surface area (Å²) < 4.78 is 28.4. The maximum Gasteiger partial charge on any atom is 0.225 e. The van der Waals surface area contributed by atoms with Crippen molar-refractivity contribution in [3.05, 3.63) is 15.6 Å². The molecule has 0 radical (unpaired) electrons. The zero-order chi connectivity index (χ0) is 19.2. The highest BCUT2D eigenvalue weighted by atomic mass is 32.2. The lowest BCUT2D eigenvalue weighted by molar-refractivity contribution is -0.130. The van der Waals surface area contributed by atoms with E-state index in [1.54, 1.807) is 11.3 Å². The molecule has 3 aliphatic rings. The van der Waals surface area contributed by atoms with E-state index in [1.165, 1.54) is 4.88 Å². The third-order valence-corrected chi connectivity index (χ3v) is 9.03. The molecule has 9 heteroatoms. The van der Waals surface area contributed by atoms with Crippen LogP contribution in [0.2, 0.25) is 0 Å². The van der Waals surface area contributed by atoms with E-state index < -0.39 is 9.84 Å². The normalized spacial score (nSPS) is 27.6. The van der Waals surface area contributed by atoms with E-state index in [9.17, 15) is 13.2 Å². The van der Waals surface area contributed by atoms with Crippen LogP contribution in [-0.4, -0.2) is 68.1 Å². The second kappa shape index (κ2) is 7.09. The molecule has 0 aromatic carbocycles. The van der Waals surface area contributed by atoms with Crippen LogP contribution in [0, 0.1) is 25.2 Å². The molecule has 1 atom stereocenters. The molecule has 1 unspecified atom stereocenters. The van der Waals surface area contributed by atoms with Gasteiger partial charge in [-0.2, -0.15) is 0 Å². The molecule has 3 fully saturated rings. The Morgan fingerprint density at radius 2 is 2.04 bits per heavy atom. The quantitative estimate of drug-likeness (QED) is 0.789. The van der Waals surface area contributed by atoms with Crippen LogP contribution in [0.3, 0.4) is 0 Å². The molecule has 4 rings (SSSR count). The van der Waals surface area contributed by atoms with Crippen molar-refractivity contribution in [3.63, 3.8) is 0 Å². The van der Waals surface area contributed by atoms with Gasteiger partial charge in [-0.25, -0.2) is 13.4 Å². The van der Waals surface area contributed by atoms with Gasteiger partial charge < -0.3 is 10.1 Å². The summed E-state index contributed by atoms with van der Waals surface area (Å²) in [5.74, 6) is 0.0467. The van der Waals surface area contributed by atoms with Gasteiger partial charge in [0.15, 0.2) is 9.84 Å². The summed E-state index contributed by atoms with van der Waals surface area (Å²) in [6, 6.07) is -0.222. The van der Waals surface area contributed by atoms with Gasteiger partial charge in [0.2, 0.25) is 5.91 Å². The Morgan fingerprint density at radius 3 is 2.63 bits per heavy atom. The third-order valence-electron chi connectivity index (χ3n) is 6.15. The van der Waals surface area contributed by atoms with Gasteiger partial charge in [0, 0.05) is 43.1 Å². The van der Waals surface area contributed by atoms with E-state index in [4.69, 9.17) is 4.74 Å². The molecule has 0 saturated carbocycles. The molecule has 1 aromatic rings. The molecule has 1 spiro atoms. The SMILES string of the molecule is Cc1nc(C)c(CN2CC(C(=O)NC3CS(=O)(=O)C3)C3(CCOCC3)C2)s1. The lowest BCUT2D eigenvalue weighted by Gasteiger charge is -2.38. The number of hydrogen-bond donors (Lipinski definition) is 1. The largest absolute Gasteiger partial charge is 0.381 e. The first-order valence-electron chi connectivity index (χ1n) is 9.50. The van der Waals surface area contributed by atoms with Crippen LogP contribution in [-0.2, 0) is 25.9 Å². The van der Waals surface area contributed by atoms with Crippen molar-refractivity contribution in [1.82, 2.24) is 15.2 Å². The molecule has 3 aliphatic heterocycles. The smallest absolute Gasteiger partial charge is 0.225 e. The molecule has 0 bridgehead atoms. The topological polar surface area (TPSA) is 88.6 Å². The van der Waals surface area contributed by atoms with Crippen molar-refractivity contribution in [2.24, 2.45) is 11.3 Å². The molecule has 150 valence electrons. The number of nitrogens with zero attached hydrogens (tertiary/aromatic N) is 2. The molecule has 0 aliphatic carbocycles. The first kappa shape index (κ1) is 19.3. The van der Waals surface area contributed by atoms with Gasteiger partial charge in [0.1, 0.15) is 0 Å². The van der Waals surface area contributed by atoms with Gasteiger partial charge in [-0.15, -0.1) is 11.3 Å². The number of nitrogens with one attached hydrogen (secondary N) is 1. The van der Waals surface area contributed by atoms with E-state index in [0.29, 0.717) is 19.8 Å². The number of carbonyl (C=O) groups is 1. The number of sulfone groups is 1.